The van der Waals surface area contributed by atoms with Crippen molar-refractivity contribution in [3.8, 4) is 0 Å². The fraction of sp³-hybridized carbons (Fsp3) is 0.263. The molecular formula is C19H24ClIN4O. The van der Waals surface area contributed by atoms with Crippen LogP contribution in [0.15, 0.2) is 59.6 Å². The maximum absolute atomic E-state index is 12.0. The molecule has 0 saturated carbocycles. The number of hydrogen-bond acceptors (Lipinski definition) is 2. The van der Waals surface area contributed by atoms with Crippen molar-refractivity contribution in [3.05, 3.63) is 70.7 Å². The van der Waals surface area contributed by atoms with Gasteiger partial charge in [0.1, 0.15) is 0 Å². The minimum Gasteiger partial charge on any atom is -0.357 e. The Balaban J connectivity index is 0.00000338. The number of halogens is 2. The molecule has 5 nitrogen and oxygen atoms in total. The second-order valence-electron chi connectivity index (χ2n) is 5.37. The first-order chi connectivity index (χ1) is 12.2. The Hall–Kier alpha value is -1.80. The van der Waals surface area contributed by atoms with E-state index in [0.717, 1.165) is 18.1 Å². The van der Waals surface area contributed by atoms with E-state index in [-0.39, 0.29) is 29.9 Å². The minimum atomic E-state index is -0.121. The van der Waals surface area contributed by atoms with Gasteiger partial charge in [0.25, 0.3) is 5.91 Å². The molecule has 3 N–H and O–H groups in total. The van der Waals surface area contributed by atoms with Crippen LogP contribution in [0.25, 0.3) is 0 Å². The SMILES string of the molecule is CCNC(=NCc1ccccc1)NCCNC(=O)c1ccc(Cl)cc1.I. The van der Waals surface area contributed by atoms with E-state index >= 15 is 0 Å². The van der Waals surface area contributed by atoms with Gasteiger partial charge in [0.05, 0.1) is 6.54 Å². The van der Waals surface area contributed by atoms with Crippen molar-refractivity contribution in [3.63, 3.8) is 0 Å². The summed E-state index contributed by atoms with van der Waals surface area (Å²) in [5.41, 5.74) is 1.74. The zero-order chi connectivity index (χ0) is 17.9. The van der Waals surface area contributed by atoms with Crippen molar-refractivity contribution in [1.29, 1.82) is 0 Å². The molecule has 0 heterocycles. The summed E-state index contributed by atoms with van der Waals surface area (Å²) >= 11 is 5.82. The summed E-state index contributed by atoms with van der Waals surface area (Å²) < 4.78 is 0. The molecule has 0 aliphatic heterocycles. The standard InChI is InChI=1S/C19H23ClN4O.HI/c1-2-21-19(24-14-15-6-4-3-5-7-15)23-13-12-22-18(25)16-8-10-17(20)11-9-16;/h3-11H,2,12-14H2,1H3,(H,22,25)(H2,21,23,24);1H. The zero-order valence-corrected chi connectivity index (χ0v) is 17.8. The van der Waals surface area contributed by atoms with E-state index < -0.39 is 0 Å². The highest BCUT2D eigenvalue weighted by Crippen LogP contribution is 2.09. The number of carbonyl (C=O) groups excluding carboxylic acids is 1. The van der Waals surface area contributed by atoms with Gasteiger partial charge >= 0.3 is 0 Å². The third-order valence-corrected chi connectivity index (χ3v) is 3.67. The van der Waals surface area contributed by atoms with Crippen LogP contribution in [-0.4, -0.2) is 31.5 Å². The molecule has 0 unspecified atom stereocenters. The molecule has 2 aromatic carbocycles. The number of nitrogens with one attached hydrogen (secondary N) is 3. The van der Waals surface area contributed by atoms with Crippen molar-refractivity contribution in [2.45, 2.75) is 13.5 Å². The first kappa shape index (κ1) is 22.2. The quantitative estimate of drug-likeness (QED) is 0.243. The molecule has 1 amide bonds. The molecule has 7 heteroatoms. The Morgan fingerprint density at radius 1 is 0.962 bits per heavy atom. The van der Waals surface area contributed by atoms with E-state index in [2.05, 4.69) is 20.9 Å². The predicted octanol–water partition coefficient (Wildman–Crippen LogP) is 3.44. The van der Waals surface area contributed by atoms with E-state index in [1.165, 1.54) is 0 Å². The maximum Gasteiger partial charge on any atom is 0.251 e. The van der Waals surface area contributed by atoms with Crippen molar-refractivity contribution in [2.75, 3.05) is 19.6 Å². The summed E-state index contributed by atoms with van der Waals surface area (Å²) in [4.78, 5) is 16.5. The Kier molecular flexibility index (Phi) is 10.7. The number of carbonyl (C=O) groups is 1. The van der Waals surface area contributed by atoms with Gasteiger partial charge in [0.15, 0.2) is 5.96 Å². The smallest absolute Gasteiger partial charge is 0.251 e. The highest BCUT2D eigenvalue weighted by atomic mass is 127. The van der Waals surface area contributed by atoms with Gasteiger partial charge in [0.2, 0.25) is 0 Å². The van der Waals surface area contributed by atoms with Gasteiger partial charge in [0, 0.05) is 30.2 Å². The molecule has 0 spiro atoms. The third kappa shape index (κ3) is 8.05. The van der Waals surface area contributed by atoms with Crippen molar-refractivity contribution in [1.82, 2.24) is 16.0 Å². The molecule has 0 aliphatic rings. The number of nitrogens with zero attached hydrogens (tertiary/aromatic N) is 1. The van der Waals surface area contributed by atoms with Gasteiger partial charge in [-0.1, -0.05) is 41.9 Å². The molecule has 26 heavy (non-hydrogen) atoms. The van der Waals surface area contributed by atoms with Crippen molar-refractivity contribution >= 4 is 47.4 Å². The summed E-state index contributed by atoms with van der Waals surface area (Å²) in [6, 6.07) is 16.9. The highest BCUT2D eigenvalue weighted by molar-refractivity contribution is 14.0. The average Bonchev–Trinajstić information content (AvgIpc) is 2.64. The molecule has 0 atom stereocenters. The van der Waals surface area contributed by atoms with Crippen molar-refractivity contribution in [2.24, 2.45) is 4.99 Å². The van der Waals surface area contributed by atoms with Gasteiger partial charge in [-0.05, 0) is 36.8 Å². The van der Waals surface area contributed by atoms with E-state index in [0.29, 0.717) is 30.2 Å². The van der Waals surface area contributed by atoms with Crippen LogP contribution in [0.4, 0.5) is 0 Å². The summed E-state index contributed by atoms with van der Waals surface area (Å²) in [5.74, 6) is 0.608. The molecule has 140 valence electrons. The summed E-state index contributed by atoms with van der Waals surface area (Å²) in [6.07, 6.45) is 0. The van der Waals surface area contributed by atoms with Crippen LogP contribution in [0, 0.1) is 0 Å². The molecule has 0 radical (unpaired) electrons. The Bertz CT molecular complexity index is 692. The molecule has 2 rings (SSSR count). The van der Waals surface area contributed by atoms with E-state index in [1.54, 1.807) is 24.3 Å². The topological polar surface area (TPSA) is 65.5 Å². The lowest BCUT2D eigenvalue weighted by Gasteiger charge is -2.12. The molecule has 0 aromatic heterocycles. The monoisotopic (exact) mass is 486 g/mol. The van der Waals surface area contributed by atoms with Crippen LogP contribution in [0.3, 0.4) is 0 Å². The molecule has 0 aliphatic carbocycles. The molecule has 0 saturated heterocycles. The molecule has 0 bridgehead atoms. The predicted molar refractivity (Wildman–Crippen MR) is 118 cm³/mol. The van der Waals surface area contributed by atoms with E-state index in [9.17, 15) is 4.79 Å². The maximum atomic E-state index is 12.0. The molecule has 0 fully saturated rings. The van der Waals surface area contributed by atoms with E-state index in [1.807, 2.05) is 37.3 Å². The van der Waals surface area contributed by atoms with Gasteiger partial charge in [-0.15, -0.1) is 24.0 Å². The number of hydrogen-bond donors (Lipinski definition) is 3. The minimum absolute atomic E-state index is 0. The average molecular weight is 487 g/mol. The number of aliphatic imine (C=N–C) groups is 1. The molecule has 2 aromatic rings. The first-order valence-electron chi connectivity index (χ1n) is 8.29. The lowest BCUT2D eigenvalue weighted by Crippen LogP contribution is -2.41. The van der Waals surface area contributed by atoms with Crippen molar-refractivity contribution < 1.29 is 4.79 Å². The molecular weight excluding hydrogens is 463 g/mol. The van der Waals surface area contributed by atoms with Gasteiger partial charge in [-0.2, -0.15) is 0 Å². The van der Waals surface area contributed by atoms with Crippen LogP contribution in [0.5, 0.6) is 0 Å². The third-order valence-electron chi connectivity index (χ3n) is 3.42. The van der Waals surface area contributed by atoms with E-state index in [4.69, 9.17) is 11.6 Å². The summed E-state index contributed by atoms with van der Waals surface area (Å²) in [5, 5.41) is 9.88. The Morgan fingerprint density at radius 3 is 2.27 bits per heavy atom. The summed E-state index contributed by atoms with van der Waals surface area (Å²) in [7, 11) is 0. The first-order valence-corrected chi connectivity index (χ1v) is 8.66. The Labute approximate surface area is 176 Å². The zero-order valence-electron chi connectivity index (χ0n) is 14.7. The van der Waals surface area contributed by atoms with Gasteiger partial charge in [-0.25, -0.2) is 4.99 Å². The highest BCUT2D eigenvalue weighted by Gasteiger charge is 2.04. The normalized spacial score (nSPS) is 10.6. The number of amides is 1. The number of benzene rings is 2. The van der Waals surface area contributed by atoms with Gasteiger partial charge < -0.3 is 16.0 Å². The fourth-order valence-electron chi connectivity index (χ4n) is 2.16. The summed E-state index contributed by atoms with van der Waals surface area (Å²) in [6.45, 7) is 4.48. The fourth-order valence-corrected chi connectivity index (χ4v) is 2.28. The van der Waals surface area contributed by atoms with Crippen LogP contribution in [0.2, 0.25) is 5.02 Å². The Morgan fingerprint density at radius 2 is 1.62 bits per heavy atom. The largest absolute Gasteiger partial charge is 0.357 e. The second kappa shape index (κ2) is 12.5. The lowest BCUT2D eigenvalue weighted by atomic mass is 10.2. The lowest BCUT2D eigenvalue weighted by molar-refractivity contribution is 0.0954. The second-order valence-corrected chi connectivity index (χ2v) is 5.81. The van der Waals surface area contributed by atoms with Crippen LogP contribution in [0.1, 0.15) is 22.8 Å². The van der Waals surface area contributed by atoms with Crippen LogP contribution in [-0.2, 0) is 6.54 Å². The number of rotatable bonds is 7. The number of guanidine groups is 1. The van der Waals surface area contributed by atoms with Gasteiger partial charge in [-0.3, -0.25) is 4.79 Å². The van der Waals surface area contributed by atoms with Crippen LogP contribution < -0.4 is 16.0 Å². The van der Waals surface area contributed by atoms with Crippen LogP contribution >= 0.6 is 35.6 Å².